The number of fused-ring (bicyclic) bond motifs is 2. The summed E-state index contributed by atoms with van der Waals surface area (Å²) in [6, 6.07) is 20.9. The van der Waals surface area contributed by atoms with Gasteiger partial charge in [0, 0.05) is 18.5 Å². The van der Waals surface area contributed by atoms with E-state index in [0.29, 0.717) is 35.3 Å². The molecule has 0 saturated carbocycles. The molecule has 3 amide bonds. The fourth-order valence-electron chi connectivity index (χ4n) is 3.71. The number of benzene rings is 3. The van der Waals surface area contributed by atoms with Crippen molar-refractivity contribution in [3.63, 3.8) is 0 Å². The number of amides is 3. The van der Waals surface area contributed by atoms with E-state index >= 15 is 0 Å². The molecule has 3 aromatic carbocycles. The summed E-state index contributed by atoms with van der Waals surface area (Å²) in [6.07, 6.45) is 0.577. The lowest BCUT2D eigenvalue weighted by Crippen LogP contribution is -2.29. The highest BCUT2D eigenvalue weighted by atomic mass is 16.2. The Labute approximate surface area is 177 Å². The summed E-state index contributed by atoms with van der Waals surface area (Å²) in [6.45, 7) is 0.429. The van der Waals surface area contributed by atoms with Crippen LogP contribution in [0.2, 0.25) is 0 Å². The van der Waals surface area contributed by atoms with Crippen molar-refractivity contribution in [2.45, 2.75) is 6.42 Å². The number of nitrogens with one attached hydrogen (secondary N) is 2. The summed E-state index contributed by atoms with van der Waals surface area (Å²) < 4.78 is 0. The predicted octanol–water partition coefficient (Wildman–Crippen LogP) is 3.34. The zero-order valence-electron chi connectivity index (χ0n) is 16.5. The standard InChI is InChI=1S/C24H18N4O3/c29-22(25-14-13-21-26-19-7-3-4-8-20(19)27-21)15-9-11-16(12-10-15)28-23(30)17-5-1-2-6-18(17)24(28)31/h1-12H,13-14H2,(H,25,29)(H,26,27). The predicted molar refractivity (Wildman–Crippen MR) is 116 cm³/mol. The first-order chi connectivity index (χ1) is 15.1. The fourth-order valence-corrected chi connectivity index (χ4v) is 3.71. The third-order valence-electron chi connectivity index (χ3n) is 5.27. The molecule has 7 nitrogen and oxygen atoms in total. The van der Waals surface area contributed by atoms with Gasteiger partial charge >= 0.3 is 0 Å². The molecule has 0 aliphatic carbocycles. The highest BCUT2D eigenvalue weighted by Crippen LogP contribution is 2.28. The Morgan fingerprint density at radius 3 is 2.19 bits per heavy atom. The van der Waals surface area contributed by atoms with E-state index in [1.165, 1.54) is 0 Å². The molecule has 152 valence electrons. The Hall–Kier alpha value is -4.26. The monoisotopic (exact) mass is 410 g/mol. The molecule has 0 atom stereocenters. The number of nitrogens with zero attached hydrogens (tertiary/aromatic N) is 2. The third-order valence-corrected chi connectivity index (χ3v) is 5.27. The van der Waals surface area contributed by atoms with Crippen molar-refractivity contribution in [1.29, 1.82) is 0 Å². The van der Waals surface area contributed by atoms with Crippen molar-refractivity contribution in [1.82, 2.24) is 15.3 Å². The molecule has 0 bridgehead atoms. The summed E-state index contributed by atoms with van der Waals surface area (Å²) in [5.74, 6) is -0.139. The van der Waals surface area contributed by atoms with Crippen LogP contribution in [0.15, 0.2) is 72.8 Å². The molecule has 0 radical (unpaired) electrons. The highest BCUT2D eigenvalue weighted by molar-refractivity contribution is 6.34. The van der Waals surface area contributed by atoms with Crippen LogP contribution in [-0.2, 0) is 6.42 Å². The van der Waals surface area contributed by atoms with Gasteiger partial charge in [0.15, 0.2) is 0 Å². The molecular formula is C24H18N4O3. The molecule has 0 unspecified atom stereocenters. The molecule has 2 N–H and O–H groups in total. The van der Waals surface area contributed by atoms with E-state index in [1.807, 2.05) is 24.3 Å². The van der Waals surface area contributed by atoms with Gasteiger partial charge in [0.1, 0.15) is 5.82 Å². The minimum atomic E-state index is -0.358. The van der Waals surface area contributed by atoms with Crippen LogP contribution in [0.3, 0.4) is 0 Å². The SMILES string of the molecule is O=C(NCCc1nc2ccccc2[nH]1)c1ccc(N2C(=O)c3ccccc3C2=O)cc1. The molecule has 1 aliphatic heterocycles. The number of H-pyrrole nitrogens is 1. The molecule has 0 spiro atoms. The maximum absolute atomic E-state index is 12.6. The summed E-state index contributed by atoms with van der Waals surface area (Å²) in [5.41, 5.74) is 3.52. The molecule has 0 saturated heterocycles. The second-order valence-electron chi connectivity index (χ2n) is 7.24. The van der Waals surface area contributed by atoms with E-state index in [0.717, 1.165) is 21.8 Å². The van der Waals surface area contributed by atoms with Crippen LogP contribution >= 0.6 is 0 Å². The van der Waals surface area contributed by atoms with Crippen LogP contribution in [0.1, 0.15) is 36.9 Å². The number of carbonyl (C=O) groups excluding carboxylic acids is 3. The largest absolute Gasteiger partial charge is 0.352 e. The molecule has 1 aromatic heterocycles. The average Bonchev–Trinajstić information content (AvgIpc) is 3.32. The van der Waals surface area contributed by atoms with E-state index in [-0.39, 0.29) is 17.7 Å². The molecule has 2 heterocycles. The summed E-state index contributed by atoms with van der Waals surface area (Å²) in [5, 5.41) is 2.87. The number of aromatic amines is 1. The third kappa shape index (κ3) is 3.36. The van der Waals surface area contributed by atoms with E-state index in [9.17, 15) is 14.4 Å². The van der Waals surface area contributed by atoms with Crippen molar-refractivity contribution in [2.24, 2.45) is 0 Å². The van der Waals surface area contributed by atoms with Gasteiger partial charge in [0.2, 0.25) is 0 Å². The Morgan fingerprint density at radius 1 is 0.871 bits per heavy atom. The maximum Gasteiger partial charge on any atom is 0.266 e. The Balaban J connectivity index is 1.23. The molecule has 7 heteroatoms. The van der Waals surface area contributed by atoms with E-state index in [2.05, 4.69) is 15.3 Å². The van der Waals surface area contributed by atoms with Crippen molar-refractivity contribution < 1.29 is 14.4 Å². The summed E-state index contributed by atoms with van der Waals surface area (Å²) in [7, 11) is 0. The zero-order chi connectivity index (χ0) is 21.4. The van der Waals surface area contributed by atoms with Crippen molar-refractivity contribution in [3.05, 3.63) is 95.3 Å². The number of imidazole rings is 1. The van der Waals surface area contributed by atoms with E-state index < -0.39 is 0 Å². The Bertz CT molecular complexity index is 1260. The lowest BCUT2D eigenvalue weighted by atomic mass is 10.1. The first-order valence-electron chi connectivity index (χ1n) is 9.91. The number of hydrogen-bond acceptors (Lipinski definition) is 4. The van der Waals surface area contributed by atoms with Crippen LogP contribution in [-0.4, -0.2) is 34.2 Å². The molecule has 31 heavy (non-hydrogen) atoms. The van der Waals surface area contributed by atoms with Crippen LogP contribution in [0.4, 0.5) is 5.69 Å². The average molecular weight is 410 g/mol. The maximum atomic E-state index is 12.6. The van der Waals surface area contributed by atoms with Crippen LogP contribution < -0.4 is 10.2 Å². The van der Waals surface area contributed by atoms with Gasteiger partial charge < -0.3 is 10.3 Å². The molecule has 4 aromatic rings. The smallest absolute Gasteiger partial charge is 0.266 e. The van der Waals surface area contributed by atoms with Gasteiger partial charge in [0.05, 0.1) is 27.8 Å². The molecular weight excluding hydrogens is 392 g/mol. The first-order valence-corrected chi connectivity index (χ1v) is 9.91. The second-order valence-corrected chi connectivity index (χ2v) is 7.24. The van der Waals surface area contributed by atoms with E-state index in [1.54, 1.807) is 48.5 Å². The van der Waals surface area contributed by atoms with Crippen molar-refractivity contribution >= 4 is 34.4 Å². The number of carbonyl (C=O) groups is 3. The van der Waals surface area contributed by atoms with Gasteiger partial charge in [-0.05, 0) is 48.5 Å². The van der Waals surface area contributed by atoms with Gasteiger partial charge in [-0.15, -0.1) is 0 Å². The Morgan fingerprint density at radius 2 is 1.52 bits per heavy atom. The summed E-state index contributed by atoms with van der Waals surface area (Å²) >= 11 is 0. The topological polar surface area (TPSA) is 95.2 Å². The molecule has 0 fully saturated rings. The van der Waals surface area contributed by atoms with E-state index in [4.69, 9.17) is 0 Å². The van der Waals surface area contributed by atoms with Crippen LogP contribution in [0.5, 0.6) is 0 Å². The van der Waals surface area contributed by atoms with Crippen molar-refractivity contribution in [2.75, 3.05) is 11.4 Å². The number of aromatic nitrogens is 2. The normalized spacial score (nSPS) is 13.0. The lowest BCUT2D eigenvalue weighted by Gasteiger charge is -2.14. The molecule has 1 aliphatic rings. The summed E-state index contributed by atoms with van der Waals surface area (Å²) in [4.78, 5) is 46.5. The van der Waals surface area contributed by atoms with Crippen molar-refractivity contribution in [3.8, 4) is 0 Å². The second kappa shape index (κ2) is 7.53. The number of rotatable bonds is 5. The van der Waals surface area contributed by atoms with Gasteiger partial charge in [-0.25, -0.2) is 9.88 Å². The minimum Gasteiger partial charge on any atom is -0.352 e. The number of para-hydroxylation sites is 2. The lowest BCUT2D eigenvalue weighted by molar-refractivity contribution is 0.0923. The van der Waals surface area contributed by atoms with Crippen LogP contribution in [0, 0.1) is 0 Å². The quantitative estimate of drug-likeness (QED) is 0.494. The number of imide groups is 1. The number of anilines is 1. The molecule has 5 rings (SSSR count). The van der Waals surface area contributed by atoms with Gasteiger partial charge in [-0.2, -0.15) is 0 Å². The fraction of sp³-hybridized carbons (Fsp3) is 0.0833. The van der Waals surface area contributed by atoms with Gasteiger partial charge in [-0.1, -0.05) is 24.3 Å². The highest BCUT2D eigenvalue weighted by Gasteiger charge is 2.36. The number of hydrogen-bond donors (Lipinski definition) is 2. The zero-order valence-corrected chi connectivity index (χ0v) is 16.5. The van der Waals surface area contributed by atoms with Gasteiger partial charge in [-0.3, -0.25) is 14.4 Å². The van der Waals surface area contributed by atoms with Crippen LogP contribution in [0.25, 0.3) is 11.0 Å². The first kappa shape index (κ1) is 18.7. The Kier molecular flexibility index (Phi) is 4.55. The minimum absolute atomic E-state index is 0.231. The van der Waals surface area contributed by atoms with Gasteiger partial charge in [0.25, 0.3) is 17.7 Å².